The minimum Gasteiger partial charge on any atom is -0.481 e. The lowest BCUT2D eigenvalue weighted by Gasteiger charge is -2.14. The van der Waals surface area contributed by atoms with Crippen LogP contribution in [0, 0.1) is 0 Å². The predicted octanol–water partition coefficient (Wildman–Crippen LogP) is 4.16. The molecule has 0 aliphatic carbocycles. The fourth-order valence-corrected chi connectivity index (χ4v) is 1.98. The van der Waals surface area contributed by atoms with E-state index in [1.54, 1.807) is 13.3 Å². The highest BCUT2D eigenvalue weighted by atomic mass is 16.5. The minimum absolute atomic E-state index is 0.542. The number of methoxy groups -OCH3 is 1. The molecule has 0 radical (unpaired) electrons. The maximum absolute atomic E-state index is 5.28. The summed E-state index contributed by atoms with van der Waals surface area (Å²) in [5.41, 5.74) is 1.24. The lowest BCUT2D eigenvalue weighted by atomic mass is 9.95. The van der Waals surface area contributed by atoms with Gasteiger partial charge in [-0.3, -0.25) is 0 Å². The molecule has 0 bridgehead atoms. The van der Waals surface area contributed by atoms with Crippen molar-refractivity contribution in [1.29, 1.82) is 0 Å². The number of pyridine rings is 1. The Labute approximate surface area is 99.0 Å². The van der Waals surface area contributed by atoms with Crippen molar-refractivity contribution in [3.05, 3.63) is 23.9 Å². The molecule has 0 aliphatic heterocycles. The van der Waals surface area contributed by atoms with Gasteiger partial charge in [-0.1, -0.05) is 45.6 Å². The van der Waals surface area contributed by atoms with E-state index in [-0.39, 0.29) is 0 Å². The van der Waals surface area contributed by atoms with Crippen molar-refractivity contribution in [1.82, 2.24) is 4.98 Å². The van der Waals surface area contributed by atoms with E-state index in [2.05, 4.69) is 24.9 Å². The Balaban J connectivity index is 2.48. The molecule has 0 fully saturated rings. The molecule has 1 unspecified atom stereocenters. The Bertz CT molecular complexity index is 299. The summed E-state index contributed by atoms with van der Waals surface area (Å²) < 4.78 is 5.28. The maximum Gasteiger partial charge on any atom is 0.216 e. The van der Waals surface area contributed by atoms with Gasteiger partial charge in [0.05, 0.1) is 7.11 Å². The first kappa shape index (κ1) is 13.0. The molecule has 1 rings (SSSR count). The van der Waals surface area contributed by atoms with Crippen molar-refractivity contribution in [3.63, 3.8) is 0 Å². The monoisotopic (exact) mass is 221 g/mol. The van der Waals surface area contributed by atoms with Crippen molar-refractivity contribution in [2.75, 3.05) is 7.11 Å². The van der Waals surface area contributed by atoms with Crippen LogP contribution in [0.4, 0.5) is 0 Å². The number of rotatable bonds is 7. The molecule has 2 nitrogen and oxygen atoms in total. The highest BCUT2D eigenvalue weighted by molar-refractivity contribution is 5.28. The molecule has 0 saturated carbocycles. The number of unbranched alkanes of at least 4 members (excludes halogenated alkanes) is 3. The predicted molar refractivity (Wildman–Crippen MR) is 68.0 cm³/mol. The molecule has 0 aliphatic rings. The summed E-state index contributed by atoms with van der Waals surface area (Å²) >= 11 is 0. The van der Waals surface area contributed by atoms with Gasteiger partial charge >= 0.3 is 0 Å². The molecule has 90 valence electrons. The van der Waals surface area contributed by atoms with E-state index in [1.807, 2.05) is 6.07 Å². The van der Waals surface area contributed by atoms with E-state index >= 15 is 0 Å². The van der Waals surface area contributed by atoms with Crippen molar-refractivity contribution in [2.24, 2.45) is 0 Å². The van der Waals surface area contributed by atoms with Crippen LogP contribution in [-0.2, 0) is 0 Å². The molecule has 2 heteroatoms. The van der Waals surface area contributed by atoms with Gasteiger partial charge in [0, 0.05) is 11.8 Å². The third-order valence-corrected chi connectivity index (χ3v) is 3.02. The number of nitrogens with zero attached hydrogens (tertiary/aromatic N) is 1. The van der Waals surface area contributed by atoms with Crippen molar-refractivity contribution in [3.8, 4) is 5.88 Å². The zero-order chi connectivity index (χ0) is 11.8. The largest absolute Gasteiger partial charge is 0.481 e. The summed E-state index contributed by atoms with van der Waals surface area (Å²) in [6, 6.07) is 4.11. The summed E-state index contributed by atoms with van der Waals surface area (Å²) in [6.07, 6.45) is 8.28. The highest BCUT2D eigenvalue weighted by Gasteiger charge is 2.11. The van der Waals surface area contributed by atoms with Crippen molar-refractivity contribution < 1.29 is 4.74 Å². The van der Waals surface area contributed by atoms with Gasteiger partial charge < -0.3 is 4.74 Å². The van der Waals surface area contributed by atoms with Crippen LogP contribution in [-0.4, -0.2) is 12.1 Å². The van der Waals surface area contributed by atoms with Crippen LogP contribution in [0.5, 0.6) is 5.88 Å². The van der Waals surface area contributed by atoms with Crippen LogP contribution in [0.15, 0.2) is 18.3 Å². The van der Waals surface area contributed by atoms with Gasteiger partial charge in [0.1, 0.15) is 0 Å². The van der Waals surface area contributed by atoms with Gasteiger partial charge in [-0.05, 0) is 18.4 Å². The summed E-state index contributed by atoms with van der Waals surface area (Å²) in [5, 5.41) is 0. The zero-order valence-corrected chi connectivity index (χ0v) is 10.7. The molecule has 0 aromatic carbocycles. The number of hydrogen-bond donors (Lipinski definition) is 0. The van der Waals surface area contributed by atoms with Crippen LogP contribution in [0.1, 0.15) is 57.4 Å². The molecule has 16 heavy (non-hydrogen) atoms. The van der Waals surface area contributed by atoms with Crippen LogP contribution >= 0.6 is 0 Å². The lowest BCUT2D eigenvalue weighted by Crippen LogP contribution is -1.99. The van der Waals surface area contributed by atoms with Crippen molar-refractivity contribution >= 4 is 0 Å². The first-order chi connectivity index (χ1) is 7.79. The number of aromatic nitrogens is 1. The first-order valence-corrected chi connectivity index (χ1v) is 6.28. The highest BCUT2D eigenvalue weighted by Crippen LogP contribution is 2.28. The molecule has 1 heterocycles. The zero-order valence-electron chi connectivity index (χ0n) is 10.7. The van der Waals surface area contributed by atoms with E-state index in [9.17, 15) is 0 Å². The van der Waals surface area contributed by atoms with E-state index in [4.69, 9.17) is 4.74 Å². The third-order valence-electron chi connectivity index (χ3n) is 3.02. The van der Waals surface area contributed by atoms with Gasteiger partial charge in [-0.15, -0.1) is 0 Å². The van der Waals surface area contributed by atoms with Gasteiger partial charge in [-0.2, -0.15) is 0 Å². The second-order valence-corrected chi connectivity index (χ2v) is 4.35. The van der Waals surface area contributed by atoms with Gasteiger partial charge in [-0.25, -0.2) is 4.98 Å². The first-order valence-electron chi connectivity index (χ1n) is 6.28. The second kappa shape index (κ2) is 7.26. The number of ether oxygens (including phenoxy) is 1. The Hall–Kier alpha value is -1.05. The molecule has 0 spiro atoms. The molecule has 1 atom stereocenters. The fourth-order valence-electron chi connectivity index (χ4n) is 1.98. The Kier molecular flexibility index (Phi) is 5.91. The van der Waals surface area contributed by atoms with Crippen LogP contribution in [0.25, 0.3) is 0 Å². The SMILES string of the molecule is CCCCCCC(C)c1cccnc1OC. The Morgan fingerprint density at radius 3 is 2.81 bits per heavy atom. The Morgan fingerprint density at radius 2 is 2.12 bits per heavy atom. The molecular formula is C14H23NO. The number of hydrogen-bond acceptors (Lipinski definition) is 2. The van der Waals surface area contributed by atoms with E-state index < -0.39 is 0 Å². The minimum atomic E-state index is 0.542. The van der Waals surface area contributed by atoms with E-state index in [1.165, 1.54) is 37.7 Å². The lowest BCUT2D eigenvalue weighted by molar-refractivity contribution is 0.387. The summed E-state index contributed by atoms with van der Waals surface area (Å²) in [5.74, 6) is 1.32. The molecule has 1 aromatic heterocycles. The topological polar surface area (TPSA) is 22.1 Å². The average Bonchev–Trinajstić information content (AvgIpc) is 2.34. The van der Waals surface area contributed by atoms with E-state index in [0.717, 1.165) is 5.88 Å². The van der Waals surface area contributed by atoms with Gasteiger partial charge in [0.2, 0.25) is 5.88 Å². The molecule has 0 N–H and O–H groups in total. The van der Waals surface area contributed by atoms with Gasteiger partial charge in [0.15, 0.2) is 0 Å². The summed E-state index contributed by atoms with van der Waals surface area (Å²) in [6.45, 7) is 4.50. The Morgan fingerprint density at radius 1 is 1.31 bits per heavy atom. The maximum atomic E-state index is 5.28. The van der Waals surface area contributed by atoms with Crippen LogP contribution in [0.3, 0.4) is 0 Å². The third kappa shape index (κ3) is 3.84. The molecule has 0 amide bonds. The summed E-state index contributed by atoms with van der Waals surface area (Å²) in [7, 11) is 1.69. The fraction of sp³-hybridized carbons (Fsp3) is 0.643. The second-order valence-electron chi connectivity index (χ2n) is 4.35. The smallest absolute Gasteiger partial charge is 0.216 e. The van der Waals surface area contributed by atoms with Gasteiger partial charge in [0.25, 0.3) is 0 Å². The normalized spacial score (nSPS) is 12.4. The molecular weight excluding hydrogens is 198 g/mol. The van der Waals surface area contributed by atoms with Crippen LogP contribution < -0.4 is 4.74 Å². The van der Waals surface area contributed by atoms with Crippen molar-refractivity contribution in [2.45, 2.75) is 51.9 Å². The molecule has 1 aromatic rings. The van der Waals surface area contributed by atoms with Crippen LogP contribution in [0.2, 0.25) is 0 Å². The standard InChI is InChI=1S/C14H23NO/c1-4-5-6-7-9-12(2)13-10-8-11-15-14(13)16-3/h8,10-12H,4-7,9H2,1-3H3. The molecule has 0 saturated heterocycles. The summed E-state index contributed by atoms with van der Waals surface area (Å²) in [4.78, 5) is 4.24. The van der Waals surface area contributed by atoms with E-state index in [0.29, 0.717) is 5.92 Å². The average molecular weight is 221 g/mol. The quantitative estimate of drug-likeness (QED) is 0.645.